The van der Waals surface area contributed by atoms with Crippen molar-refractivity contribution in [2.75, 3.05) is 26.7 Å². The molecule has 11 heavy (non-hydrogen) atoms. The van der Waals surface area contributed by atoms with Crippen molar-refractivity contribution in [1.82, 2.24) is 10.2 Å². The number of morpholine rings is 1. The van der Waals surface area contributed by atoms with E-state index in [0.29, 0.717) is 0 Å². The molecule has 0 bridgehead atoms. The molecule has 0 aromatic rings. The van der Waals surface area contributed by atoms with E-state index in [2.05, 4.69) is 5.32 Å². The lowest BCUT2D eigenvalue weighted by atomic mass is 10.1. The number of rotatable bonds is 0. The first-order valence-corrected chi connectivity index (χ1v) is 3.87. The quantitative estimate of drug-likeness (QED) is 0.480. The largest absolute Gasteiger partial charge is 0.365 e. The third-order valence-electron chi connectivity index (χ3n) is 2.44. The van der Waals surface area contributed by atoms with Gasteiger partial charge in [0.05, 0.1) is 12.1 Å². The Kier molecular flexibility index (Phi) is 1.58. The fourth-order valence-corrected chi connectivity index (χ4v) is 1.66. The molecule has 0 aromatic heterocycles. The molecule has 0 spiro atoms. The summed E-state index contributed by atoms with van der Waals surface area (Å²) < 4.78 is 5.33. The van der Waals surface area contributed by atoms with Crippen LogP contribution >= 0.6 is 0 Å². The van der Waals surface area contributed by atoms with Crippen LogP contribution in [0.1, 0.15) is 0 Å². The van der Waals surface area contributed by atoms with Gasteiger partial charge in [-0.15, -0.1) is 0 Å². The van der Waals surface area contributed by atoms with Gasteiger partial charge in [0, 0.05) is 20.1 Å². The SMILES string of the molecule is CN1C(=O)CO[C@@H]2CNC[C@@H]21. The lowest BCUT2D eigenvalue weighted by molar-refractivity contribution is -0.150. The van der Waals surface area contributed by atoms with Crippen LogP contribution in [0, 0.1) is 0 Å². The van der Waals surface area contributed by atoms with Gasteiger partial charge in [0.25, 0.3) is 0 Å². The van der Waals surface area contributed by atoms with Crippen LogP contribution in [0.5, 0.6) is 0 Å². The highest BCUT2D eigenvalue weighted by molar-refractivity contribution is 5.78. The van der Waals surface area contributed by atoms with Crippen molar-refractivity contribution in [3.05, 3.63) is 0 Å². The van der Waals surface area contributed by atoms with Crippen LogP contribution in [0.15, 0.2) is 0 Å². The minimum absolute atomic E-state index is 0.0925. The maximum absolute atomic E-state index is 11.1. The Morgan fingerprint density at radius 3 is 3.27 bits per heavy atom. The number of ether oxygens (including phenoxy) is 1. The molecule has 1 amide bonds. The molecule has 0 aromatic carbocycles. The van der Waals surface area contributed by atoms with Crippen LogP contribution in [0.25, 0.3) is 0 Å². The second-order valence-corrected chi connectivity index (χ2v) is 3.08. The molecule has 2 aliphatic rings. The van der Waals surface area contributed by atoms with Crippen molar-refractivity contribution < 1.29 is 9.53 Å². The zero-order chi connectivity index (χ0) is 7.84. The van der Waals surface area contributed by atoms with Crippen LogP contribution in [0.3, 0.4) is 0 Å². The first-order chi connectivity index (χ1) is 5.29. The lowest BCUT2D eigenvalue weighted by Gasteiger charge is -2.33. The monoisotopic (exact) mass is 156 g/mol. The minimum atomic E-state index is 0.0925. The van der Waals surface area contributed by atoms with Gasteiger partial charge in [-0.2, -0.15) is 0 Å². The standard InChI is InChI=1S/C7H12N2O2/c1-9-5-2-8-3-6(5)11-4-7(9)10/h5-6,8H,2-4H2,1H3/t5-,6+/m0/s1. The highest BCUT2D eigenvalue weighted by atomic mass is 16.5. The molecule has 0 aliphatic carbocycles. The Bertz CT molecular complexity index is 183. The number of nitrogens with one attached hydrogen (secondary N) is 1. The Morgan fingerprint density at radius 2 is 2.45 bits per heavy atom. The normalized spacial score (nSPS) is 37.5. The number of hydrogen-bond donors (Lipinski definition) is 1. The van der Waals surface area contributed by atoms with Crippen LogP contribution in [0.4, 0.5) is 0 Å². The van der Waals surface area contributed by atoms with E-state index < -0.39 is 0 Å². The van der Waals surface area contributed by atoms with Gasteiger partial charge in [-0.1, -0.05) is 0 Å². The maximum atomic E-state index is 11.1. The van der Waals surface area contributed by atoms with E-state index in [0.717, 1.165) is 13.1 Å². The van der Waals surface area contributed by atoms with Crippen LogP contribution in [-0.2, 0) is 9.53 Å². The van der Waals surface area contributed by atoms with E-state index in [-0.39, 0.29) is 24.7 Å². The topological polar surface area (TPSA) is 41.6 Å². The Balaban J connectivity index is 2.11. The molecule has 2 atom stereocenters. The number of carbonyl (C=O) groups excluding carboxylic acids is 1. The van der Waals surface area contributed by atoms with Crippen molar-refractivity contribution in [2.24, 2.45) is 0 Å². The minimum Gasteiger partial charge on any atom is -0.365 e. The van der Waals surface area contributed by atoms with Crippen LogP contribution in [0.2, 0.25) is 0 Å². The summed E-state index contributed by atoms with van der Waals surface area (Å²) in [6, 6.07) is 0.260. The highest BCUT2D eigenvalue weighted by Crippen LogP contribution is 2.15. The van der Waals surface area contributed by atoms with E-state index in [9.17, 15) is 4.79 Å². The third-order valence-corrected chi connectivity index (χ3v) is 2.44. The molecule has 2 rings (SSSR count). The van der Waals surface area contributed by atoms with E-state index in [1.54, 1.807) is 4.90 Å². The molecule has 2 fully saturated rings. The third kappa shape index (κ3) is 1.02. The second kappa shape index (κ2) is 2.46. The van der Waals surface area contributed by atoms with Crippen molar-refractivity contribution >= 4 is 5.91 Å². The van der Waals surface area contributed by atoms with Gasteiger partial charge < -0.3 is 15.0 Å². The number of nitrogens with zero attached hydrogens (tertiary/aromatic N) is 1. The first-order valence-electron chi connectivity index (χ1n) is 3.87. The van der Waals surface area contributed by atoms with Gasteiger partial charge in [0.15, 0.2) is 0 Å². The van der Waals surface area contributed by atoms with Crippen molar-refractivity contribution in [1.29, 1.82) is 0 Å². The average Bonchev–Trinajstić information content (AvgIpc) is 2.45. The number of hydrogen-bond acceptors (Lipinski definition) is 3. The second-order valence-electron chi connectivity index (χ2n) is 3.08. The molecule has 0 radical (unpaired) electrons. The average molecular weight is 156 g/mol. The van der Waals surface area contributed by atoms with E-state index >= 15 is 0 Å². The molecule has 1 N–H and O–H groups in total. The van der Waals surface area contributed by atoms with Crippen molar-refractivity contribution in [2.45, 2.75) is 12.1 Å². The number of likely N-dealkylation sites (N-methyl/N-ethyl adjacent to an activating group) is 1. The fourth-order valence-electron chi connectivity index (χ4n) is 1.66. The van der Waals surface area contributed by atoms with Gasteiger partial charge >= 0.3 is 0 Å². The van der Waals surface area contributed by atoms with Crippen molar-refractivity contribution in [3.63, 3.8) is 0 Å². The number of carbonyl (C=O) groups is 1. The van der Waals surface area contributed by atoms with Crippen LogP contribution < -0.4 is 5.32 Å². The molecule has 2 saturated heterocycles. The molecular weight excluding hydrogens is 144 g/mol. The van der Waals surface area contributed by atoms with Gasteiger partial charge in [-0.05, 0) is 0 Å². The molecule has 4 nitrogen and oxygen atoms in total. The summed E-state index contributed by atoms with van der Waals surface area (Å²) in [6.45, 7) is 1.99. The molecule has 0 saturated carbocycles. The smallest absolute Gasteiger partial charge is 0.248 e. The van der Waals surface area contributed by atoms with E-state index in [1.807, 2.05) is 7.05 Å². The predicted molar refractivity (Wildman–Crippen MR) is 39.2 cm³/mol. The molecule has 4 heteroatoms. The Labute approximate surface area is 65.5 Å². The lowest BCUT2D eigenvalue weighted by Crippen LogP contribution is -2.51. The van der Waals surface area contributed by atoms with E-state index in [1.165, 1.54) is 0 Å². The number of amides is 1. The summed E-state index contributed by atoms with van der Waals surface area (Å²) in [5.74, 6) is 0.0925. The molecule has 0 unspecified atom stereocenters. The van der Waals surface area contributed by atoms with Crippen LogP contribution in [-0.4, -0.2) is 49.7 Å². The molecule has 62 valence electrons. The highest BCUT2D eigenvalue weighted by Gasteiger charge is 2.37. The summed E-state index contributed by atoms with van der Waals surface area (Å²) in [6.07, 6.45) is 0.220. The summed E-state index contributed by atoms with van der Waals surface area (Å²) in [5.41, 5.74) is 0. The van der Waals surface area contributed by atoms with Gasteiger partial charge in [0.2, 0.25) is 5.91 Å². The summed E-state index contributed by atoms with van der Waals surface area (Å²) in [7, 11) is 1.84. The fraction of sp³-hybridized carbons (Fsp3) is 0.857. The van der Waals surface area contributed by atoms with Gasteiger partial charge in [-0.3, -0.25) is 4.79 Å². The zero-order valence-electron chi connectivity index (χ0n) is 6.54. The summed E-state index contributed by atoms with van der Waals surface area (Å²) in [4.78, 5) is 12.9. The summed E-state index contributed by atoms with van der Waals surface area (Å²) in [5, 5.41) is 3.20. The zero-order valence-corrected chi connectivity index (χ0v) is 6.54. The number of fused-ring (bicyclic) bond motifs is 1. The molecule has 2 heterocycles. The Hall–Kier alpha value is -0.610. The van der Waals surface area contributed by atoms with E-state index in [4.69, 9.17) is 4.74 Å². The first kappa shape index (κ1) is 7.06. The van der Waals surface area contributed by atoms with Gasteiger partial charge in [-0.25, -0.2) is 0 Å². The summed E-state index contributed by atoms with van der Waals surface area (Å²) >= 11 is 0. The molecular formula is C7H12N2O2. The van der Waals surface area contributed by atoms with Crippen molar-refractivity contribution in [3.8, 4) is 0 Å². The maximum Gasteiger partial charge on any atom is 0.248 e. The Morgan fingerprint density at radius 1 is 1.64 bits per heavy atom. The molecule has 2 aliphatic heterocycles. The van der Waals surface area contributed by atoms with Gasteiger partial charge in [0.1, 0.15) is 6.61 Å². The predicted octanol–water partition coefficient (Wildman–Crippen LogP) is -1.18.